The van der Waals surface area contributed by atoms with Gasteiger partial charge >= 0.3 is 0 Å². The fraction of sp³-hybridized carbons (Fsp3) is 0.467. The van der Waals surface area contributed by atoms with E-state index in [4.69, 9.17) is 17.3 Å². The predicted octanol–water partition coefficient (Wildman–Crippen LogP) is 2.25. The molecule has 1 saturated heterocycles. The molecule has 1 atom stereocenters. The Morgan fingerprint density at radius 3 is 2.60 bits per heavy atom. The number of carbonyl (C=O) groups is 2. The van der Waals surface area contributed by atoms with Crippen LogP contribution in [0.25, 0.3) is 0 Å². The lowest BCUT2D eigenvalue weighted by Crippen LogP contribution is -2.39. The van der Waals surface area contributed by atoms with Gasteiger partial charge in [0.05, 0.1) is 0 Å². The Labute approximate surface area is 123 Å². The second-order valence-electron chi connectivity index (χ2n) is 5.05. The van der Waals surface area contributed by atoms with Crippen molar-refractivity contribution in [3.05, 3.63) is 34.9 Å². The number of amides is 1. The molecule has 2 N–H and O–H groups in total. The summed E-state index contributed by atoms with van der Waals surface area (Å²) in [5.74, 6) is -0.00113. The fourth-order valence-electron chi connectivity index (χ4n) is 2.55. The minimum absolute atomic E-state index is 0.0280. The lowest BCUT2D eigenvalue weighted by Gasteiger charge is -2.23. The van der Waals surface area contributed by atoms with Gasteiger partial charge in [-0.2, -0.15) is 0 Å². The van der Waals surface area contributed by atoms with E-state index < -0.39 is 0 Å². The average Bonchev–Trinajstić information content (AvgIpc) is 2.93. The van der Waals surface area contributed by atoms with Gasteiger partial charge in [0.2, 0.25) is 5.91 Å². The van der Waals surface area contributed by atoms with Crippen molar-refractivity contribution in [1.29, 1.82) is 0 Å². The fourth-order valence-corrected chi connectivity index (χ4v) is 2.68. The topological polar surface area (TPSA) is 63.4 Å². The van der Waals surface area contributed by atoms with E-state index in [1.807, 2.05) is 4.90 Å². The number of rotatable bonds is 5. The van der Waals surface area contributed by atoms with Gasteiger partial charge in [0.15, 0.2) is 5.78 Å². The second-order valence-corrected chi connectivity index (χ2v) is 5.49. The maximum absolute atomic E-state index is 12.1. The summed E-state index contributed by atoms with van der Waals surface area (Å²) in [6.45, 7) is 1.26. The number of nitrogens with two attached hydrogens (primary N) is 1. The van der Waals surface area contributed by atoms with Crippen LogP contribution in [-0.4, -0.2) is 35.7 Å². The SMILES string of the molecule is NCC1CCCN1C(=O)CCC(=O)c1ccc(Cl)cc1. The van der Waals surface area contributed by atoms with E-state index in [-0.39, 0.29) is 30.6 Å². The third kappa shape index (κ3) is 3.58. The number of Topliss-reactive ketones (excluding diaryl/α,β-unsaturated/α-hetero) is 1. The van der Waals surface area contributed by atoms with Crippen LogP contribution in [0.4, 0.5) is 0 Å². The molecule has 4 nitrogen and oxygen atoms in total. The molecule has 1 fully saturated rings. The molecule has 1 heterocycles. The molecule has 1 aliphatic rings. The van der Waals surface area contributed by atoms with Crippen molar-refractivity contribution in [3.8, 4) is 0 Å². The van der Waals surface area contributed by atoms with Crippen LogP contribution in [0.2, 0.25) is 5.02 Å². The maximum atomic E-state index is 12.1. The molecule has 1 aromatic rings. The van der Waals surface area contributed by atoms with Crippen LogP contribution < -0.4 is 5.73 Å². The van der Waals surface area contributed by atoms with Crippen LogP contribution in [-0.2, 0) is 4.79 Å². The first-order chi connectivity index (χ1) is 9.61. The van der Waals surface area contributed by atoms with E-state index in [1.54, 1.807) is 24.3 Å². The minimum atomic E-state index is -0.0292. The number of benzene rings is 1. The molecule has 2 rings (SSSR count). The van der Waals surface area contributed by atoms with Crippen molar-refractivity contribution in [2.45, 2.75) is 31.7 Å². The van der Waals surface area contributed by atoms with Gasteiger partial charge in [-0.15, -0.1) is 0 Å². The Balaban J connectivity index is 1.87. The summed E-state index contributed by atoms with van der Waals surface area (Å²) >= 11 is 5.78. The Bertz CT molecular complexity index is 487. The highest BCUT2D eigenvalue weighted by atomic mass is 35.5. The van der Waals surface area contributed by atoms with Crippen molar-refractivity contribution in [1.82, 2.24) is 4.90 Å². The molecule has 0 aromatic heterocycles. The normalized spacial score (nSPS) is 18.3. The second kappa shape index (κ2) is 6.86. The third-order valence-electron chi connectivity index (χ3n) is 3.70. The quantitative estimate of drug-likeness (QED) is 0.847. The summed E-state index contributed by atoms with van der Waals surface area (Å²) in [6, 6.07) is 6.89. The summed E-state index contributed by atoms with van der Waals surface area (Å²) in [4.78, 5) is 25.9. The number of hydrogen-bond acceptors (Lipinski definition) is 3. The highest BCUT2D eigenvalue weighted by Gasteiger charge is 2.27. The molecule has 1 amide bonds. The Morgan fingerprint density at radius 2 is 1.95 bits per heavy atom. The molecule has 0 spiro atoms. The molecular formula is C15H19ClN2O2. The Hall–Kier alpha value is -1.39. The third-order valence-corrected chi connectivity index (χ3v) is 3.95. The van der Waals surface area contributed by atoms with E-state index in [1.165, 1.54) is 0 Å². The van der Waals surface area contributed by atoms with Crippen LogP contribution in [0.15, 0.2) is 24.3 Å². The molecule has 20 heavy (non-hydrogen) atoms. The lowest BCUT2D eigenvalue weighted by molar-refractivity contribution is -0.131. The number of likely N-dealkylation sites (tertiary alicyclic amines) is 1. The van der Waals surface area contributed by atoms with E-state index in [0.29, 0.717) is 17.1 Å². The van der Waals surface area contributed by atoms with Gasteiger partial charge in [0, 0.05) is 42.6 Å². The van der Waals surface area contributed by atoms with Crippen molar-refractivity contribution in [3.63, 3.8) is 0 Å². The number of nitrogens with zero attached hydrogens (tertiary/aromatic N) is 1. The molecule has 0 radical (unpaired) electrons. The number of halogens is 1. The van der Waals surface area contributed by atoms with Crippen LogP contribution in [0.5, 0.6) is 0 Å². The molecule has 0 saturated carbocycles. The zero-order valence-electron chi connectivity index (χ0n) is 11.3. The standard InChI is InChI=1S/C15H19ClN2O2/c16-12-5-3-11(4-6-12)14(19)7-8-15(20)18-9-1-2-13(18)10-17/h3-6,13H,1-2,7-10,17H2. The zero-order valence-corrected chi connectivity index (χ0v) is 12.1. The van der Waals surface area contributed by atoms with Gasteiger partial charge in [0.25, 0.3) is 0 Å². The van der Waals surface area contributed by atoms with Gasteiger partial charge in [-0.25, -0.2) is 0 Å². The number of carbonyl (C=O) groups excluding carboxylic acids is 2. The van der Waals surface area contributed by atoms with Gasteiger partial charge in [-0.05, 0) is 37.1 Å². The molecule has 0 bridgehead atoms. The van der Waals surface area contributed by atoms with E-state index in [2.05, 4.69) is 0 Å². The van der Waals surface area contributed by atoms with Crippen molar-refractivity contribution < 1.29 is 9.59 Å². The van der Waals surface area contributed by atoms with E-state index >= 15 is 0 Å². The molecule has 1 unspecified atom stereocenters. The Kier molecular flexibility index (Phi) is 5.15. The van der Waals surface area contributed by atoms with Gasteiger partial charge in [-0.3, -0.25) is 9.59 Å². The minimum Gasteiger partial charge on any atom is -0.338 e. The summed E-state index contributed by atoms with van der Waals surface area (Å²) in [5.41, 5.74) is 6.25. The molecular weight excluding hydrogens is 276 g/mol. The number of hydrogen-bond donors (Lipinski definition) is 1. The first kappa shape index (κ1) is 15.0. The molecule has 5 heteroatoms. The molecule has 1 aromatic carbocycles. The largest absolute Gasteiger partial charge is 0.338 e. The molecule has 0 aliphatic carbocycles. The monoisotopic (exact) mass is 294 g/mol. The van der Waals surface area contributed by atoms with E-state index in [9.17, 15) is 9.59 Å². The zero-order chi connectivity index (χ0) is 14.5. The van der Waals surface area contributed by atoms with Crippen LogP contribution in [0.3, 0.4) is 0 Å². The number of ketones is 1. The highest BCUT2D eigenvalue weighted by Crippen LogP contribution is 2.18. The van der Waals surface area contributed by atoms with Crippen molar-refractivity contribution in [2.24, 2.45) is 5.73 Å². The smallest absolute Gasteiger partial charge is 0.223 e. The summed E-state index contributed by atoms with van der Waals surface area (Å²) < 4.78 is 0. The van der Waals surface area contributed by atoms with E-state index in [0.717, 1.165) is 19.4 Å². The maximum Gasteiger partial charge on any atom is 0.223 e. The van der Waals surface area contributed by atoms with Gasteiger partial charge in [0.1, 0.15) is 0 Å². The van der Waals surface area contributed by atoms with Gasteiger partial charge < -0.3 is 10.6 Å². The van der Waals surface area contributed by atoms with Gasteiger partial charge in [-0.1, -0.05) is 11.6 Å². The van der Waals surface area contributed by atoms with Crippen molar-refractivity contribution >= 4 is 23.3 Å². The average molecular weight is 295 g/mol. The summed E-state index contributed by atoms with van der Waals surface area (Å²) in [5, 5.41) is 0.598. The van der Waals surface area contributed by atoms with Crippen LogP contribution in [0, 0.1) is 0 Å². The summed E-state index contributed by atoms with van der Waals surface area (Å²) in [7, 11) is 0. The molecule has 1 aliphatic heterocycles. The van der Waals surface area contributed by atoms with Crippen LogP contribution in [0.1, 0.15) is 36.0 Å². The van der Waals surface area contributed by atoms with Crippen LogP contribution >= 0.6 is 11.6 Å². The predicted molar refractivity (Wildman–Crippen MR) is 78.8 cm³/mol. The highest BCUT2D eigenvalue weighted by molar-refractivity contribution is 6.30. The Morgan fingerprint density at radius 1 is 1.25 bits per heavy atom. The molecule has 108 valence electrons. The first-order valence-electron chi connectivity index (χ1n) is 6.90. The first-order valence-corrected chi connectivity index (χ1v) is 7.28. The lowest BCUT2D eigenvalue weighted by atomic mass is 10.1. The summed E-state index contributed by atoms with van der Waals surface area (Å²) in [6.07, 6.45) is 2.44. The van der Waals surface area contributed by atoms with Crippen molar-refractivity contribution in [2.75, 3.05) is 13.1 Å².